The quantitative estimate of drug-likeness (QED) is 0.825. The molecule has 6 nitrogen and oxygen atoms in total. The first kappa shape index (κ1) is 19.6. The van der Waals surface area contributed by atoms with Gasteiger partial charge in [0.15, 0.2) is 0 Å². The molecule has 1 aromatic heterocycles. The van der Waals surface area contributed by atoms with Gasteiger partial charge in [-0.15, -0.1) is 0 Å². The van der Waals surface area contributed by atoms with Crippen LogP contribution < -0.4 is 5.32 Å². The fourth-order valence-electron chi connectivity index (χ4n) is 3.20. The molecule has 3 rings (SSSR count). The number of halogens is 1. The molecule has 0 atom stereocenters. The Morgan fingerprint density at radius 3 is 2.67 bits per heavy atom. The summed E-state index contributed by atoms with van der Waals surface area (Å²) in [6.45, 7) is 9.04. The minimum Gasteiger partial charge on any atom is -0.354 e. The van der Waals surface area contributed by atoms with E-state index in [1.807, 2.05) is 36.1 Å². The van der Waals surface area contributed by atoms with Gasteiger partial charge in [0.25, 0.3) is 5.91 Å². The second-order valence-electron chi connectivity index (χ2n) is 6.75. The number of carbonyl (C=O) groups excluding carboxylic acids is 1. The van der Waals surface area contributed by atoms with Gasteiger partial charge in [-0.1, -0.05) is 30.7 Å². The third-order valence-corrected chi connectivity index (χ3v) is 5.00. The summed E-state index contributed by atoms with van der Waals surface area (Å²) in [6, 6.07) is 9.55. The number of anilines is 1. The van der Waals surface area contributed by atoms with Gasteiger partial charge in [-0.2, -0.15) is 0 Å². The zero-order valence-electron chi connectivity index (χ0n) is 15.9. The third kappa shape index (κ3) is 5.40. The molecule has 27 heavy (non-hydrogen) atoms. The largest absolute Gasteiger partial charge is 0.354 e. The number of nitrogens with one attached hydrogen (secondary N) is 1. The van der Waals surface area contributed by atoms with Crippen molar-refractivity contribution in [3.8, 4) is 0 Å². The number of piperazine rings is 1. The van der Waals surface area contributed by atoms with Crippen molar-refractivity contribution in [2.45, 2.75) is 20.3 Å². The van der Waals surface area contributed by atoms with Gasteiger partial charge in [-0.3, -0.25) is 4.79 Å². The standard InChI is InChI=1S/C20H26ClN5O/c1-3-25-9-11-26(12-10-25)19(27)18-13-15(2)23-20(24-18)22-8-7-16-5-4-6-17(21)14-16/h4-6,13-14H,3,7-12H2,1-2H3,(H,22,23,24). The van der Waals surface area contributed by atoms with Crippen LogP contribution >= 0.6 is 11.6 Å². The van der Waals surface area contributed by atoms with Gasteiger partial charge >= 0.3 is 0 Å². The van der Waals surface area contributed by atoms with Crippen LogP contribution in [0.5, 0.6) is 0 Å². The summed E-state index contributed by atoms with van der Waals surface area (Å²) in [5, 5.41) is 3.96. The molecule has 0 aliphatic carbocycles. The highest BCUT2D eigenvalue weighted by molar-refractivity contribution is 6.30. The number of aromatic nitrogens is 2. The fraction of sp³-hybridized carbons (Fsp3) is 0.450. The van der Waals surface area contributed by atoms with Crippen molar-refractivity contribution >= 4 is 23.5 Å². The molecule has 1 aromatic carbocycles. The number of hydrogen-bond acceptors (Lipinski definition) is 5. The average molecular weight is 388 g/mol. The summed E-state index contributed by atoms with van der Waals surface area (Å²) in [7, 11) is 0. The summed E-state index contributed by atoms with van der Waals surface area (Å²) in [5.41, 5.74) is 2.39. The second-order valence-corrected chi connectivity index (χ2v) is 7.19. The van der Waals surface area contributed by atoms with Crippen LogP contribution in [0.4, 0.5) is 5.95 Å². The van der Waals surface area contributed by atoms with E-state index < -0.39 is 0 Å². The van der Waals surface area contributed by atoms with Crippen LogP contribution in [0.25, 0.3) is 0 Å². The fourth-order valence-corrected chi connectivity index (χ4v) is 3.41. The number of amides is 1. The van der Waals surface area contributed by atoms with E-state index in [1.54, 1.807) is 6.07 Å². The molecule has 0 unspecified atom stereocenters. The van der Waals surface area contributed by atoms with Gasteiger partial charge < -0.3 is 15.1 Å². The number of rotatable bonds is 6. The Balaban J connectivity index is 1.61. The maximum atomic E-state index is 12.8. The van der Waals surface area contributed by atoms with Crippen molar-refractivity contribution in [3.63, 3.8) is 0 Å². The minimum atomic E-state index is -0.0193. The van der Waals surface area contributed by atoms with Crippen LogP contribution in [0.2, 0.25) is 5.02 Å². The third-order valence-electron chi connectivity index (χ3n) is 4.77. The smallest absolute Gasteiger partial charge is 0.272 e. The Morgan fingerprint density at radius 2 is 1.96 bits per heavy atom. The molecule has 144 valence electrons. The lowest BCUT2D eigenvalue weighted by Gasteiger charge is -2.33. The lowest BCUT2D eigenvalue weighted by Crippen LogP contribution is -2.48. The minimum absolute atomic E-state index is 0.0193. The van der Waals surface area contributed by atoms with Crippen molar-refractivity contribution in [2.24, 2.45) is 0 Å². The molecule has 1 fully saturated rings. The monoisotopic (exact) mass is 387 g/mol. The lowest BCUT2D eigenvalue weighted by atomic mass is 10.1. The number of carbonyl (C=O) groups is 1. The van der Waals surface area contributed by atoms with Crippen LogP contribution in [-0.4, -0.2) is 64.9 Å². The van der Waals surface area contributed by atoms with Crippen LogP contribution in [0.1, 0.15) is 28.7 Å². The van der Waals surface area contributed by atoms with Crippen LogP contribution in [0, 0.1) is 6.92 Å². The van der Waals surface area contributed by atoms with Crippen molar-refractivity contribution in [3.05, 3.63) is 52.3 Å². The molecule has 0 radical (unpaired) electrons. The van der Waals surface area contributed by atoms with Crippen LogP contribution in [0.3, 0.4) is 0 Å². The summed E-state index contributed by atoms with van der Waals surface area (Å²) in [6.07, 6.45) is 0.806. The first-order chi connectivity index (χ1) is 13.0. The normalized spacial score (nSPS) is 15.0. The number of likely N-dealkylation sites (N-methyl/N-ethyl adjacent to an activating group) is 1. The second kappa shape index (κ2) is 9.15. The Kier molecular flexibility index (Phi) is 6.63. The maximum Gasteiger partial charge on any atom is 0.272 e. The molecule has 0 saturated carbocycles. The summed E-state index contributed by atoms with van der Waals surface area (Å²) in [5.74, 6) is 0.474. The molecule has 1 N–H and O–H groups in total. The molecule has 2 aromatic rings. The Morgan fingerprint density at radius 1 is 1.19 bits per heavy atom. The molecule has 1 amide bonds. The first-order valence-electron chi connectivity index (χ1n) is 9.41. The number of hydrogen-bond donors (Lipinski definition) is 1. The van der Waals surface area contributed by atoms with E-state index in [0.717, 1.165) is 55.4 Å². The topological polar surface area (TPSA) is 61.4 Å². The Bertz CT molecular complexity index is 790. The predicted octanol–water partition coefficient (Wildman–Crippen LogP) is 2.87. The molecular formula is C20H26ClN5O. The van der Waals surface area contributed by atoms with Crippen LogP contribution in [0.15, 0.2) is 30.3 Å². The van der Waals surface area contributed by atoms with Gasteiger partial charge in [0, 0.05) is 43.4 Å². The van der Waals surface area contributed by atoms with E-state index in [2.05, 4.69) is 27.1 Å². The highest BCUT2D eigenvalue weighted by Crippen LogP contribution is 2.13. The van der Waals surface area contributed by atoms with E-state index in [0.29, 0.717) is 18.2 Å². The van der Waals surface area contributed by atoms with Crippen molar-refractivity contribution < 1.29 is 4.79 Å². The molecule has 0 spiro atoms. The average Bonchev–Trinajstić information content (AvgIpc) is 2.67. The Labute approximate surface area is 165 Å². The van der Waals surface area contributed by atoms with Crippen LogP contribution in [-0.2, 0) is 6.42 Å². The summed E-state index contributed by atoms with van der Waals surface area (Å²) in [4.78, 5) is 25.9. The maximum absolute atomic E-state index is 12.8. The lowest BCUT2D eigenvalue weighted by molar-refractivity contribution is 0.0637. The van der Waals surface area contributed by atoms with E-state index in [4.69, 9.17) is 11.6 Å². The van der Waals surface area contributed by atoms with Crippen molar-refractivity contribution in [1.82, 2.24) is 19.8 Å². The van der Waals surface area contributed by atoms with Gasteiger partial charge in [-0.05, 0) is 43.7 Å². The zero-order chi connectivity index (χ0) is 19.2. The molecule has 7 heteroatoms. The van der Waals surface area contributed by atoms with Crippen molar-refractivity contribution in [2.75, 3.05) is 44.6 Å². The van der Waals surface area contributed by atoms with E-state index >= 15 is 0 Å². The van der Waals surface area contributed by atoms with Gasteiger partial charge in [0.1, 0.15) is 5.69 Å². The van der Waals surface area contributed by atoms with E-state index in [1.165, 1.54) is 0 Å². The highest BCUT2D eigenvalue weighted by atomic mass is 35.5. The SMILES string of the molecule is CCN1CCN(C(=O)c2cc(C)nc(NCCc3cccc(Cl)c3)n2)CC1. The number of aryl methyl sites for hydroxylation is 1. The molecule has 0 bridgehead atoms. The first-order valence-corrected chi connectivity index (χ1v) is 9.78. The van der Waals surface area contributed by atoms with Gasteiger partial charge in [0.2, 0.25) is 5.95 Å². The Hall–Kier alpha value is -2.18. The molecule has 1 aliphatic rings. The molecule has 1 aliphatic heterocycles. The number of benzene rings is 1. The van der Waals surface area contributed by atoms with Gasteiger partial charge in [-0.25, -0.2) is 9.97 Å². The summed E-state index contributed by atoms with van der Waals surface area (Å²) < 4.78 is 0. The van der Waals surface area contributed by atoms with E-state index in [-0.39, 0.29) is 5.91 Å². The zero-order valence-corrected chi connectivity index (χ0v) is 16.7. The summed E-state index contributed by atoms with van der Waals surface area (Å²) >= 11 is 6.02. The molecule has 1 saturated heterocycles. The molecule has 2 heterocycles. The van der Waals surface area contributed by atoms with E-state index in [9.17, 15) is 4.79 Å². The number of nitrogens with zero attached hydrogens (tertiary/aromatic N) is 4. The van der Waals surface area contributed by atoms with Gasteiger partial charge in [0.05, 0.1) is 0 Å². The predicted molar refractivity (Wildman–Crippen MR) is 108 cm³/mol. The highest BCUT2D eigenvalue weighted by Gasteiger charge is 2.23. The van der Waals surface area contributed by atoms with Crippen molar-refractivity contribution in [1.29, 1.82) is 0 Å². The molecular weight excluding hydrogens is 362 g/mol.